The molecule has 1 aromatic rings. The van der Waals surface area contributed by atoms with Gasteiger partial charge in [-0.3, -0.25) is 14.6 Å². The number of nitrogens with zero attached hydrogens (tertiary/aromatic N) is 2. The van der Waals surface area contributed by atoms with Gasteiger partial charge in [-0.15, -0.1) is 0 Å². The molecule has 0 radical (unpaired) electrons. The molecule has 0 bridgehead atoms. The summed E-state index contributed by atoms with van der Waals surface area (Å²) < 4.78 is 0. The van der Waals surface area contributed by atoms with Gasteiger partial charge in [0, 0.05) is 37.9 Å². The minimum atomic E-state index is -0.0603. The number of piperidine rings is 1. The fraction of sp³-hybridized carbons (Fsp3) is 0.650. The van der Waals surface area contributed by atoms with Crippen LogP contribution in [0.15, 0.2) is 24.5 Å². The largest absolute Gasteiger partial charge is 0.355 e. The predicted octanol–water partition coefficient (Wildman–Crippen LogP) is 2.70. The van der Waals surface area contributed by atoms with E-state index in [-0.39, 0.29) is 17.7 Å². The monoisotopic (exact) mass is 343 g/mol. The first-order valence-corrected chi connectivity index (χ1v) is 9.70. The van der Waals surface area contributed by atoms with Gasteiger partial charge < -0.3 is 10.2 Å². The lowest BCUT2D eigenvalue weighted by Crippen LogP contribution is -2.50. The number of rotatable bonds is 5. The molecule has 0 aromatic carbocycles. The summed E-state index contributed by atoms with van der Waals surface area (Å²) in [5, 5.41) is 3.05. The number of pyridine rings is 1. The molecule has 1 saturated heterocycles. The summed E-state index contributed by atoms with van der Waals surface area (Å²) in [6, 6.07) is 4.28. The summed E-state index contributed by atoms with van der Waals surface area (Å²) in [7, 11) is 0. The van der Waals surface area contributed by atoms with Crippen LogP contribution in [-0.2, 0) is 16.0 Å². The molecule has 25 heavy (non-hydrogen) atoms. The molecule has 136 valence electrons. The quantitative estimate of drug-likeness (QED) is 0.836. The van der Waals surface area contributed by atoms with Crippen molar-refractivity contribution in [3.63, 3.8) is 0 Å². The second kappa shape index (κ2) is 8.97. The zero-order valence-electron chi connectivity index (χ0n) is 15.0. The van der Waals surface area contributed by atoms with Crippen LogP contribution in [0.3, 0.4) is 0 Å². The summed E-state index contributed by atoms with van der Waals surface area (Å²) in [6.07, 6.45) is 12.7. The van der Waals surface area contributed by atoms with Crippen molar-refractivity contribution in [2.45, 2.75) is 63.8 Å². The summed E-state index contributed by atoms with van der Waals surface area (Å²) >= 11 is 0. The van der Waals surface area contributed by atoms with Gasteiger partial charge in [-0.25, -0.2) is 0 Å². The van der Waals surface area contributed by atoms with Crippen LogP contribution in [-0.4, -0.2) is 40.8 Å². The molecule has 3 rings (SSSR count). The van der Waals surface area contributed by atoms with Crippen molar-refractivity contribution in [3.05, 3.63) is 30.1 Å². The Morgan fingerprint density at radius 2 is 2.00 bits per heavy atom. The van der Waals surface area contributed by atoms with Crippen LogP contribution in [0, 0.1) is 5.92 Å². The molecular weight excluding hydrogens is 314 g/mol. The van der Waals surface area contributed by atoms with E-state index in [9.17, 15) is 9.59 Å². The SMILES string of the molecule is O=C(NCCc1cccnc1)[C@H]1CCC(=O)N(C2CCCCCC2)C1. The average Bonchev–Trinajstić information content (AvgIpc) is 2.92. The fourth-order valence-electron chi connectivity index (χ4n) is 4.03. The highest BCUT2D eigenvalue weighted by Crippen LogP contribution is 2.27. The van der Waals surface area contributed by atoms with Crippen LogP contribution in [0.1, 0.15) is 56.9 Å². The van der Waals surface area contributed by atoms with E-state index in [0.717, 1.165) is 24.8 Å². The topological polar surface area (TPSA) is 62.3 Å². The molecule has 1 aliphatic heterocycles. The average molecular weight is 343 g/mol. The first-order valence-electron chi connectivity index (χ1n) is 9.70. The number of amides is 2. The normalized spacial score (nSPS) is 22.5. The maximum Gasteiger partial charge on any atom is 0.224 e. The van der Waals surface area contributed by atoms with Gasteiger partial charge in [0.1, 0.15) is 0 Å². The first-order chi connectivity index (χ1) is 12.2. The van der Waals surface area contributed by atoms with Crippen LogP contribution in [0.4, 0.5) is 0 Å². The summed E-state index contributed by atoms with van der Waals surface area (Å²) in [5.74, 6) is 0.274. The molecule has 2 aliphatic rings. The van der Waals surface area contributed by atoms with E-state index in [2.05, 4.69) is 10.3 Å². The highest BCUT2D eigenvalue weighted by molar-refractivity contribution is 5.84. The third-order valence-electron chi connectivity index (χ3n) is 5.52. The Balaban J connectivity index is 1.49. The van der Waals surface area contributed by atoms with E-state index in [4.69, 9.17) is 0 Å². The number of carbonyl (C=O) groups excluding carboxylic acids is 2. The number of nitrogens with one attached hydrogen (secondary N) is 1. The Bertz CT molecular complexity index is 568. The van der Waals surface area contributed by atoms with Gasteiger partial charge in [0.15, 0.2) is 0 Å². The van der Waals surface area contributed by atoms with Crippen molar-refractivity contribution < 1.29 is 9.59 Å². The third-order valence-corrected chi connectivity index (χ3v) is 5.52. The molecule has 1 N–H and O–H groups in total. The van der Waals surface area contributed by atoms with Crippen molar-refractivity contribution in [3.8, 4) is 0 Å². The van der Waals surface area contributed by atoms with Crippen molar-refractivity contribution in [1.82, 2.24) is 15.2 Å². The Hall–Kier alpha value is -1.91. The minimum absolute atomic E-state index is 0.0603. The van der Waals surface area contributed by atoms with Crippen molar-refractivity contribution in [1.29, 1.82) is 0 Å². The predicted molar refractivity (Wildman–Crippen MR) is 96.9 cm³/mol. The minimum Gasteiger partial charge on any atom is -0.355 e. The lowest BCUT2D eigenvalue weighted by molar-refractivity contribution is -0.141. The van der Waals surface area contributed by atoms with Crippen LogP contribution in [0.25, 0.3) is 0 Å². The summed E-state index contributed by atoms with van der Waals surface area (Å²) in [6.45, 7) is 1.22. The van der Waals surface area contributed by atoms with Crippen molar-refractivity contribution in [2.24, 2.45) is 5.92 Å². The van der Waals surface area contributed by atoms with E-state index >= 15 is 0 Å². The Morgan fingerprint density at radius 3 is 2.72 bits per heavy atom. The van der Waals surface area contributed by atoms with E-state index in [0.29, 0.717) is 32.0 Å². The van der Waals surface area contributed by atoms with Gasteiger partial charge in [0.2, 0.25) is 11.8 Å². The second-order valence-electron chi connectivity index (χ2n) is 7.33. The van der Waals surface area contributed by atoms with Crippen LogP contribution in [0.2, 0.25) is 0 Å². The van der Waals surface area contributed by atoms with Crippen molar-refractivity contribution >= 4 is 11.8 Å². The van der Waals surface area contributed by atoms with E-state index < -0.39 is 0 Å². The maximum atomic E-state index is 12.5. The highest BCUT2D eigenvalue weighted by atomic mass is 16.2. The summed E-state index contributed by atoms with van der Waals surface area (Å²) in [4.78, 5) is 31.0. The number of likely N-dealkylation sites (tertiary alicyclic amines) is 1. The zero-order chi connectivity index (χ0) is 17.5. The van der Waals surface area contributed by atoms with E-state index in [1.165, 1.54) is 25.7 Å². The first kappa shape index (κ1) is 17.9. The number of aromatic nitrogens is 1. The molecular formula is C20H29N3O2. The Morgan fingerprint density at radius 1 is 1.20 bits per heavy atom. The third kappa shape index (κ3) is 5.03. The molecule has 2 heterocycles. The van der Waals surface area contributed by atoms with E-state index in [1.807, 2.05) is 23.2 Å². The van der Waals surface area contributed by atoms with Gasteiger partial charge in [-0.1, -0.05) is 31.7 Å². The highest BCUT2D eigenvalue weighted by Gasteiger charge is 2.34. The Labute approximate surface area is 150 Å². The molecule has 1 atom stereocenters. The molecule has 1 aromatic heterocycles. The number of carbonyl (C=O) groups is 2. The van der Waals surface area contributed by atoms with E-state index in [1.54, 1.807) is 6.20 Å². The molecule has 1 saturated carbocycles. The zero-order valence-corrected chi connectivity index (χ0v) is 15.0. The van der Waals surface area contributed by atoms with Gasteiger partial charge in [0.05, 0.1) is 5.92 Å². The lowest BCUT2D eigenvalue weighted by Gasteiger charge is -2.37. The lowest BCUT2D eigenvalue weighted by atomic mass is 9.93. The van der Waals surface area contributed by atoms with Gasteiger partial charge >= 0.3 is 0 Å². The van der Waals surface area contributed by atoms with Crippen molar-refractivity contribution in [2.75, 3.05) is 13.1 Å². The van der Waals surface area contributed by atoms with Crippen LogP contribution in [0.5, 0.6) is 0 Å². The van der Waals surface area contributed by atoms with Gasteiger partial charge in [0.25, 0.3) is 0 Å². The van der Waals surface area contributed by atoms with Gasteiger partial charge in [-0.05, 0) is 37.3 Å². The molecule has 1 aliphatic carbocycles. The maximum absolute atomic E-state index is 12.5. The van der Waals surface area contributed by atoms with Crippen LogP contribution >= 0.6 is 0 Å². The molecule has 2 fully saturated rings. The van der Waals surface area contributed by atoms with Crippen LogP contribution < -0.4 is 5.32 Å². The molecule has 5 heteroatoms. The second-order valence-corrected chi connectivity index (χ2v) is 7.33. The number of hydrogen-bond donors (Lipinski definition) is 1. The van der Waals surface area contributed by atoms with Gasteiger partial charge in [-0.2, -0.15) is 0 Å². The fourth-order valence-corrected chi connectivity index (χ4v) is 4.03. The summed E-state index contributed by atoms with van der Waals surface area (Å²) in [5.41, 5.74) is 1.13. The standard InChI is InChI=1S/C20H29N3O2/c24-19-10-9-17(15-23(19)18-7-3-1-2-4-8-18)20(25)22-13-11-16-6-5-12-21-14-16/h5-6,12,14,17-18H,1-4,7-11,13,15H2,(H,22,25)/t17-/m0/s1. The Kier molecular flexibility index (Phi) is 6.42. The molecule has 5 nitrogen and oxygen atoms in total. The smallest absolute Gasteiger partial charge is 0.224 e. The molecule has 0 unspecified atom stereocenters. The molecule has 2 amide bonds. The number of hydrogen-bond acceptors (Lipinski definition) is 3. The molecule has 0 spiro atoms.